The Bertz CT molecular complexity index is 461. The van der Waals surface area contributed by atoms with Crippen molar-refractivity contribution in [1.29, 1.82) is 0 Å². The summed E-state index contributed by atoms with van der Waals surface area (Å²) in [4.78, 5) is 14.5. The molecule has 0 bridgehead atoms. The van der Waals surface area contributed by atoms with E-state index in [4.69, 9.17) is 0 Å². The quantitative estimate of drug-likeness (QED) is 0.922. The van der Waals surface area contributed by atoms with Gasteiger partial charge in [0.05, 0.1) is 6.04 Å². The maximum Gasteiger partial charge on any atom is 0.244 e. The lowest BCUT2D eigenvalue weighted by atomic mass is 10.0. The number of hydrogen-bond acceptors (Lipinski definition) is 2. The minimum atomic E-state index is -0.0212. The van der Waals surface area contributed by atoms with Crippen LogP contribution in [0.4, 0.5) is 5.69 Å². The van der Waals surface area contributed by atoms with Crippen LogP contribution in [-0.4, -0.2) is 25.0 Å². The Morgan fingerprint density at radius 1 is 1.47 bits per heavy atom. The fourth-order valence-electron chi connectivity index (χ4n) is 2.51. The molecule has 1 aromatic rings. The molecule has 0 aliphatic carbocycles. The first-order valence-electron chi connectivity index (χ1n) is 6.95. The van der Waals surface area contributed by atoms with Crippen molar-refractivity contribution in [3.05, 3.63) is 28.2 Å². The topological polar surface area (TPSA) is 32.3 Å². The molecule has 1 unspecified atom stereocenters. The highest BCUT2D eigenvalue weighted by molar-refractivity contribution is 9.10. The molecule has 1 aliphatic heterocycles. The predicted octanol–water partition coefficient (Wildman–Crippen LogP) is 3.25. The van der Waals surface area contributed by atoms with E-state index < -0.39 is 0 Å². The standard InChI is InChI=1S/C15H21BrN2O/c1-3-9-17-13-7-5-10-18(15(13)19)14-8-4-6-12(16)11(14)2/h4,6,8,13,17H,3,5,7,9-10H2,1-2H3. The van der Waals surface area contributed by atoms with E-state index in [9.17, 15) is 4.79 Å². The molecule has 1 aliphatic rings. The van der Waals surface area contributed by atoms with E-state index in [0.717, 1.165) is 48.1 Å². The zero-order valence-corrected chi connectivity index (χ0v) is 13.2. The molecule has 1 saturated heterocycles. The SMILES string of the molecule is CCCNC1CCCN(c2cccc(Br)c2C)C1=O. The number of nitrogens with zero attached hydrogens (tertiary/aromatic N) is 1. The van der Waals surface area contributed by atoms with Gasteiger partial charge in [-0.2, -0.15) is 0 Å². The highest BCUT2D eigenvalue weighted by Gasteiger charge is 2.29. The molecular formula is C15H21BrN2O. The molecule has 19 heavy (non-hydrogen) atoms. The maximum atomic E-state index is 12.5. The molecule has 3 nitrogen and oxygen atoms in total. The van der Waals surface area contributed by atoms with E-state index in [2.05, 4.69) is 35.1 Å². The Labute approximate surface area is 123 Å². The number of amides is 1. The lowest BCUT2D eigenvalue weighted by molar-refractivity contribution is -0.121. The first kappa shape index (κ1) is 14.5. The Balaban J connectivity index is 2.19. The van der Waals surface area contributed by atoms with E-state index in [1.165, 1.54) is 0 Å². The summed E-state index contributed by atoms with van der Waals surface area (Å²) < 4.78 is 1.06. The second kappa shape index (κ2) is 6.53. The van der Waals surface area contributed by atoms with E-state index in [1.54, 1.807) is 0 Å². The van der Waals surface area contributed by atoms with Gasteiger partial charge in [-0.3, -0.25) is 4.79 Å². The van der Waals surface area contributed by atoms with Crippen LogP contribution in [0.15, 0.2) is 22.7 Å². The molecule has 0 saturated carbocycles. The molecule has 1 atom stereocenters. The lowest BCUT2D eigenvalue weighted by Crippen LogP contribution is -2.51. The van der Waals surface area contributed by atoms with Crippen molar-refractivity contribution < 1.29 is 4.79 Å². The molecular weight excluding hydrogens is 304 g/mol. The molecule has 1 heterocycles. The van der Waals surface area contributed by atoms with Crippen molar-refractivity contribution in [2.75, 3.05) is 18.0 Å². The normalized spacial score (nSPS) is 19.8. The van der Waals surface area contributed by atoms with Gasteiger partial charge in [0.15, 0.2) is 0 Å². The number of piperidine rings is 1. The van der Waals surface area contributed by atoms with Crippen LogP contribution in [0.25, 0.3) is 0 Å². The van der Waals surface area contributed by atoms with Gasteiger partial charge in [-0.25, -0.2) is 0 Å². The number of carbonyl (C=O) groups excluding carboxylic acids is 1. The largest absolute Gasteiger partial charge is 0.311 e. The summed E-state index contributed by atoms with van der Waals surface area (Å²) in [5.41, 5.74) is 2.16. The van der Waals surface area contributed by atoms with Gasteiger partial charge in [0, 0.05) is 16.7 Å². The first-order valence-corrected chi connectivity index (χ1v) is 7.74. The van der Waals surface area contributed by atoms with Gasteiger partial charge in [0.1, 0.15) is 0 Å². The molecule has 0 radical (unpaired) electrons. The Kier molecular flexibility index (Phi) is 4.99. The summed E-state index contributed by atoms with van der Waals surface area (Å²) in [5.74, 6) is 0.209. The zero-order chi connectivity index (χ0) is 13.8. The first-order chi connectivity index (χ1) is 9.15. The van der Waals surface area contributed by atoms with Gasteiger partial charge < -0.3 is 10.2 Å². The van der Waals surface area contributed by atoms with E-state index in [0.29, 0.717) is 0 Å². The van der Waals surface area contributed by atoms with Crippen LogP contribution in [0.2, 0.25) is 0 Å². The number of hydrogen-bond donors (Lipinski definition) is 1. The van der Waals surface area contributed by atoms with Crippen molar-refractivity contribution in [1.82, 2.24) is 5.32 Å². The van der Waals surface area contributed by atoms with Crippen LogP contribution >= 0.6 is 15.9 Å². The van der Waals surface area contributed by atoms with Crippen LogP contribution in [0.5, 0.6) is 0 Å². The van der Waals surface area contributed by atoms with E-state index in [-0.39, 0.29) is 11.9 Å². The van der Waals surface area contributed by atoms with Crippen molar-refractivity contribution in [3.8, 4) is 0 Å². The number of benzene rings is 1. The third-order valence-corrected chi connectivity index (χ3v) is 4.47. The summed E-state index contributed by atoms with van der Waals surface area (Å²) >= 11 is 3.54. The van der Waals surface area contributed by atoms with Gasteiger partial charge in [-0.1, -0.05) is 28.9 Å². The van der Waals surface area contributed by atoms with Gasteiger partial charge in [0.2, 0.25) is 5.91 Å². The molecule has 1 N–H and O–H groups in total. The van der Waals surface area contributed by atoms with E-state index in [1.807, 2.05) is 23.1 Å². The fourth-order valence-corrected chi connectivity index (χ4v) is 2.87. The van der Waals surface area contributed by atoms with Gasteiger partial charge in [-0.15, -0.1) is 0 Å². The average Bonchev–Trinajstić information content (AvgIpc) is 2.41. The summed E-state index contributed by atoms with van der Waals surface area (Å²) in [6.45, 7) is 5.90. The van der Waals surface area contributed by atoms with E-state index >= 15 is 0 Å². The molecule has 1 fully saturated rings. The number of anilines is 1. The fraction of sp³-hybridized carbons (Fsp3) is 0.533. The molecule has 4 heteroatoms. The highest BCUT2D eigenvalue weighted by Crippen LogP contribution is 2.29. The second-order valence-electron chi connectivity index (χ2n) is 5.02. The minimum absolute atomic E-state index is 0.0212. The van der Waals surface area contributed by atoms with Crippen LogP contribution < -0.4 is 10.2 Å². The summed E-state index contributed by atoms with van der Waals surface area (Å²) in [6, 6.07) is 6.01. The number of halogens is 1. The Morgan fingerprint density at radius 2 is 2.26 bits per heavy atom. The van der Waals surface area contributed by atoms with Crippen molar-refractivity contribution >= 4 is 27.5 Å². The smallest absolute Gasteiger partial charge is 0.244 e. The molecule has 1 amide bonds. The lowest BCUT2D eigenvalue weighted by Gasteiger charge is -2.33. The third kappa shape index (κ3) is 3.18. The molecule has 1 aromatic carbocycles. The summed E-state index contributed by atoms with van der Waals surface area (Å²) in [7, 11) is 0. The monoisotopic (exact) mass is 324 g/mol. The number of rotatable bonds is 4. The van der Waals surface area contributed by atoms with Crippen LogP contribution in [0, 0.1) is 6.92 Å². The predicted molar refractivity (Wildman–Crippen MR) is 82.5 cm³/mol. The number of nitrogens with one attached hydrogen (secondary N) is 1. The third-order valence-electron chi connectivity index (χ3n) is 3.61. The van der Waals surface area contributed by atoms with Gasteiger partial charge in [0.25, 0.3) is 0 Å². The van der Waals surface area contributed by atoms with Crippen molar-refractivity contribution in [2.24, 2.45) is 0 Å². The van der Waals surface area contributed by atoms with Crippen LogP contribution in [0.1, 0.15) is 31.7 Å². The van der Waals surface area contributed by atoms with Crippen LogP contribution in [0.3, 0.4) is 0 Å². The summed E-state index contributed by atoms with van der Waals surface area (Å²) in [6.07, 6.45) is 3.06. The Hall–Kier alpha value is -0.870. The Morgan fingerprint density at radius 3 is 3.00 bits per heavy atom. The van der Waals surface area contributed by atoms with Crippen LogP contribution in [-0.2, 0) is 4.79 Å². The van der Waals surface area contributed by atoms with Gasteiger partial charge in [-0.05, 0) is 50.4 Å². The minimum Gasteiger partial charge on any atom is -0.311 e. The molecule has 2 rings (SSSR count). The average molecular weight is 325 g/mol. The molecule has 104 valence electrons. The van der Waals surface area contributed by atoms with Crippen molar-refractivity contribution in [2.45, 2.75) is 39.2 Å². The second-order valence-corrected chi connectivity index (χ2v) is 5.88. The summed E-state index contributed by atoms with van der Waals surface area (Å²) in [5, 5.41) is 3.35. The highest BCUT2D eigenvalue weighted by atomic mass is 79.9. The molecule has 0 aromatic heterocycles. The van der Waals surface area contributed by atoms with Crippen molar-refractivity contribution in [3.63, 3.8) is 0 Å². The molecule has 0 spiro atoms. The number of carbonyl (C=O) groups is 1. The maximum absolute atomic E-state index is 12.5. The van der Waals surface area contributed by atoms with Gasteiger partial charge >= 0.3 is 0 Å². The zero-order valence-electron chi connectivity index (χ0n) is 11.6.